The molecule has 0 spiro atoms. The number of hydrogen-bond acceptors (Lipinski definition) is 1. The van der Waals surface area contributed by atoms with Crippen LogP contribution in [0.2, 0.25) is 0 Å². The summed E-state index contributed by atoms with van der Waals surface area (Å²) in [6.07, 6.45) is 3.30. The van der Waals surface area contributed by atoms with Crippen molar-refractivity contribution in [3.05, 3.63) is 0 Å². The van der Waals surface area contributed by atoms with Gasteiger partial charge in [0.1, 0.15) is 5.17 Å². The van der Waals surface area contributed by atoms with Crippen LogP contribution in [0.25, 0.3) is 0 Å². The van der Waals surface area contributed by atoms with E-state index >= 15 is 0 Å². The molecule has 0 aromatic rings. The quantitative estimate of drug-likeness (QED) is 0.543. The third kappa shape index (κ3) is 5.84. The topological polar surface area (TPSA) is 12.4 Å². The fourth-order valence-electron chi connectivity index (χ4n) is 0.573. The van der Waals surface area contributed by atoms with Gasteiger partial charge in [0.2, 0.25) is 0 Å². The van der Waals surface area contributed by atoms with Crippen molar-refractivity contribution >= 4 is 16.8 Å². The minimum absolute atomic E-state index is 0.777. The molecule has 9 heavy (non-hydrogen) atoms. The van der Waals surface area contributed by atoms with Crippen LogP contribution < -0.4 is 0 Å². The molecule has 0 fully saturated rings. The average Bonchev–Trinajstić information content (AvgIpc) is 1.85. The van der Waals surface area contributed by atoms with Crippen molar-refractivity contribution in [3.63, 3.8) is 0 Å². The van der Waals surface area contributed by atoms with Crippen molar-refractivity contribution < 1.29 is 0 Å². The first-order valence-corrected chi connectivity index (χ1v) is 3.87. The second kappa shape index (κ2) is 6.09. The Labute approximate surface area is 62.1 Å². The van der Waals surface area contributed by atoms with Crippen molar-refractivity contribution in [2.75, 3.05) is 6.54 Å². The molecule has 0 saturated heterocycles. The molecule has 0 unspecified atom stereocenters. The summed E-state index contributed by atoms with van der Waals surface area (Å²) >= 11 is 5.71. The lowest BCUT2D eigenvalue weighted by Gasteiger charge is -1.92. The van der Waals surface area contributed by atoms with E-state index in [1.807, 2.05) is 6.92 Å². The van der Waals surface area contributed by atoms with Crippen molar-refractivity contribution in [1.82, 2.24) is 0 Å². The van der Waals surface area contributed by atoms with Gasteiger partial charge in [0, 0.05) is 13.0 Å². The van der Waals surface area contributed by atoms with Crippen LogP contribution in [-0.4, -0.2) is 11.7 Å². The lowest BCUT2D eigenvalue weighted by molar-refractivity contribution is 0.837. The zero-order valence-electron chi connectivity index (χ0n) is 6.15. The lowest BCUT2D eigenvalue weighted by atomic mass is 10.3. The molecule has 0 bridgehead atoms. The van der Waals surface area contributed by atoms with Gasteiger partial charge in [-0.1, -0.05) is 24.9 Å². The smallest absolute Gasteiger partial charge is 0.100 e. The highest BCUT2D eigenvalue weighted by Crippen LogP contribution is 2.00. The summed E-state index contributed by atoms with van der Waals surface area (Å²) in [6.45, 7) is 4.95. The monoisotopic (exact) mass is 147 g/mol. The first kappa shape index (κ1) is 8.96. The molecule has 0 aromatic heterocycles. The third-order valence-corrected chi connectivity index (χ3v) is 1.37. The van der Waals surface area contributed by atoms with Crippen LogP contribution in [0, 0.1) is 0 Å². The predicted octanol–water partition coefficient (Wildman–Crippen LogP) is 2.83. The Bertz CT molecular complexity index is 88.9. The molecule has 0 aliphatic heterocycles. The number of aliphatic imine (C=N–C) groups is 1. The van der Waals surface area contributed by atoms with Gasteiger partial charge in [0.15, 0.2) is 0 Å². The van der Waals surface area contributed by atoms with Gasteiger partial charge in [0.25, 0.3) is 0 Å². The maximum Gasteiger partial charge on any atom is 0.100 e. The fourth-order valence-corrected chi connectivity index (χ4v) is 0.826. The van der Waals surface area contributed by atoms with Crippen molar-refractivity contribution in [1.29, 1.82) is 0 Å². The van der Waals surface area contributed by atoms with E-state index in [1.165, 1.54) is 6.42 Å². The van der Waals surface area contributed by atoms with Crippen LogP contribution in [0.5, 0.6) is 0 Å². The Morgan fingerprint density at radius 1 is 1.44 bits per heavy atom. The van der Waals surface area contributed by atoms with E-state index in [-0.39, 0.29) is 0 Å². The molecule has 54 valence electrons. The summed E-state index contributed by atoms with van der Waals surface area (Å²) in [6, 6.07) is 0. The fraction of sp³-hybridized carbons (Fsp3) is 0.857. The Morgan fingerprint density at radius 3 is 2.56 bits per heavy atom. The van der Waals surface area contributed by atoms with Crippen LogP contribution in [0.15, 0.2) is 4.99 Å². The molecule has 0 saturated carbocycles. The van der Waals surface area contributed by atoms with Gasteiger partial charge >= 0.3 is 0 Å². The van der Waals surface area contributed by atoms with Gasteiger partial charge in [-0.05, 0) is 13.3 Å². The zero-order valence-corrected chi connectivity index (χ0v) is 6.91. The highest BCUT2D eigenvalue weighted by molar-refractivity contribution is 6.65. The SMILES string of the molecule is CCCCC(Cl)=NCC. The maximum absolute atomic E-state index is 5.71. The summed E-state index contributed by atoms with van der Waals surface area (Å²) in [4.78, 5) is 4.04. The molecule has 0 N–H and O–H groups in total. The van der Waals surface area contributed by atoms with E-state index in [0.717, 1.165) is 24.6 Å². The Hall–Kier alpha value is -0.0400. The lowest BCUT2D eigenvalue weighted by Crippen LogP contribution is -1.87. The molecular weight excluding hydrogens is 134 g/mol. The van der Waals surface area contributed by atoms with Crippen LogP contribution in [0.1, 0.15) is 33.1 Å². The zero-order chi connectivity index (χ0) is 7.11. The molecule has 0 rings (SSSR count). The van der Waals surface area contributed by atoms with Crippen molar-refractivity contribution in [2.45, 2.75) is 33.1 Å². The van der Waals surface area contributed by atoms with E-state index < -0.39 is 0 Å². The molecule has 0 aliphatic rings. The summed E-state index contributed by atoms with van der Waals surface area (Å²) < 4.78 is 0. The second-order valence-electron chi connectivity index (χ2n) is 1.95. The largest absolute Gasteiger partial charge is 0.278 e. The van der Waals surface area contributed by atoms with E-state index in [9.17, 15) is 0 Å². The summed E-state index contributed by atoms with van der Waals surface area (Å²) in [5.74, 6) is 0. The maximum atomic E-state index is 5.71. The Balaban J connectivity index is 3.25. The number of halogens is 1. The number of nitrogens with zero attached hydrogens (tertiary/aromatic N) is 1. The van der Waals surface area contributed by atoms with E-state index in [0.29, 0.717) is 0 Å². The van der Waals surface area contributed by atoms with Gasteiger partial charge in [-0.2, -0.15) is 0 Å². The minimum atomic E-state index is 0.777. The van der Waals surface area contributed by atoms with E-state index in [1.54, 1.807) is 0 Å². The normalized spacial score (nSPS) is 12.1. The van der Waals surface area contributed by atoms with E-state index in [2.05, 4.69) is 11.9 Å². The van der Waals surface area contributed by atoms with Crippen molar-refractivity contribution in [3.8, 4) is 0 Å². The van der Waals surface area contributed by atoms with Gasteiger partial charge < -0.3 is 0 Å². The van der Waals surface area contributed by atoms with Crippen LogP contribution in [0.4, 0.5) is 0 Å². The highest BCUT2D eigenvalue weighted by Gasteiger charge is 1.89. The molecular formula is C7H14ClN. The predicted molar refractivity (Wildman–Crippen MR) is 43.4 cm³/mol. The molecule has 0 heterocycles. The molecule has 0 amide bonds. The molecule has 0 aliphatic carbocycles. The second-order valence-corrected chi connectivity index (χ2v) is 2.39. The first-order chi connectivity index (χ1) is 4.31. The van der Waals surface area contributed by atoms with Gasteiger partial charge in [-0.25, -0.2) is 0 Å². The highest BCUT2D eigenvalue weighted by atomic mass is 35.5. The summed E-state index contributed by atoms with van der Waals surface area (Å²) in [5.41, 5.74) is 0. The molecule has 0 radical (unpaired) electrons. The van der Waals surface area contributed by atoms with E-state index in [4.69, 9.17) is 11.6 Å². The molecule has 0 atom stereocenters. The molecule has 0 aromatic carbocycles. The Kier molecular flexibility index (Phi) is 6.06. The van der Waals surface area contributed by atoms with Crippen molar-refractivity contribution in [2.24, 2.45) is 4.99 Å². The Morgan fingerprint density at radius 2 is 2.11 bits per heavy atom. The number of hydrogen-bond donors (Lipinski definition) is 0. The summed E-state index contributed by atoms with van der Waals surface area (Å²) in [7, 11) is 0. The third-order valence-electron chi connectivity index (χ3n) is 1.07. The molecule has 2 heteroatoms. The number of unbranched alkanes of at least 4 members (excludes halogenated alkanes) is 1. The van der Waals surface area contributed by atoms with Crippen LogP contribution in [0.3, 0.4) is 0 Å². The standard InChI is InChI=1S/C7H14ClN/c1-3-5-6-7(8)9-4-2/h3-6H2,1-2H3. The number of rotatable bonds is 4. The van der Waals surface area contributed by atoms with Crippen LogP contribution >= 0.6 is 11.6 Å². The van der Waals surface area contributed by atoms with Crippen LogP contribution in [-0.2, 0) is 0 Å². The van der Waals surface area contributed by atoms with Gasteiger partial charge in [0.05, 0.1) is 0 Å². The minimum Gasteiger partial charge on any atom is -0.278 e. The van der Waals surface area contributed by atoms with Gasteiger partial charge in [-0.15, -0.1) is 0 Å². The summed E-state index contributed by atoms with van der Waals surface area (Å²) in [5, 5.41) is 0.777. The molecule has 1 nitrogen and oxygen atoms in total. The first-order valence-electron chi connectivity index (χ1n) is 3.50. The average molecular weight is 148 g/mol. The van der Waals surface area contributed by atoms with Gasteiger partial charge in [-0.3, -0.25) is 4.99 Å².